The zero-order valence-electron chi connectivity index (χ0n) is 9.59. The van der Waals surface area contributed by atoms with E-state index in [1.165, 1.54) is 25.8 Å². The Morgan fingerprint density at radius 3 is 2.93 bits per heavy atom. The molecule has 1 rings (SSSR count). The molecule has 1 saturated heterocycles. The molecule has 0 aromatic rings. The SMILES string of the molecule is CCOCCN(C)CC1CCCCN1. The molecule has 1 unspecified atom stereocenters. The molecule has 0 amide bonds. The van der Waals surface area contributed by atoms with Crippen molar-refractivity contribution in [1.82, 2.24) is 10.2 Å². The first-order chi connectivity index (χ1) is 6.83. The molecule has 1 N–H and O–H groups in total. The molecule has 1 fully saturated rings. The summed E-state index contributed by atoms with van der Waals surface area (Å²) in [6.07, 6.45) is 4.06. The Hall–Kier alpha value is -0.120. The molecular weight excluding hydrogens is 176 g/mol. The topological polar surface area (TPSA) is 24.5 Å². The zero-order chi connectivity index (χ0) is 10.2. The van der Waals surface area contributed by atoms with E-state index < -0.39 is 0 Å². The summed E-state index contributed by atoms with van der Waals surface area (Å²) in [5.41, 5.74) is 0. The fourth-order valence-electron chi connectivity index (χ4n) is 1.91. The lowest BCUT2D eigenvalue weighted by atomic mass is 10.0. The predicted molar refractivity (Wildman–Crippen MR) is 59.6 cm³/mol. The van der Waals surface area contributed by atoms with E-state index in [9.17, 15) is 0 Å². The maximum atomic E-state index is 5.33. The minimum Gasteiger partial charge on any atom is -0.380 e. The lowest BCUT2D eigenvalue weighted by Crippen LogP contribution is -2.43. The minimum absolute atomic E-state index is 0.704. The molecule has 1 heterocycles. The third-order valence-corrected chi connectivity index (χ3v) is 2.77. The Morgan fingerprint density at radius 2 is 2.29 bits per heavy atom. The Balaban J connectivity index is 2.03. The predicted octanol–water partition coefficient (Wildman–Crippen LogP) is 1.10. The van der Waals surface area contributed by atoms with Crippen molar-refractivity contribution < 1.29 is 4.74 Å². The Kier molecular flexibility index (Phi) is 6.15. The van der Waals surface area contributed by atoms with Gasteiger partial charge in [-0.15, -0.1) is 0 Å². The maximum absolute atomic E-state index is 5.33. The van der Waals surface area contributed by atoms with E-state index in [-0.39, 0.29) is 0 Å². The van der Waals surface area contributed by atoms with Crippen LogP contribution in [0.1, 0.15) is 26.2 Å². The number of rotatable bonds is 6. The van der Waals surface area contributed by atoms with Crippen LogP contribution in [0.3, 0.4) is 0 Å². The number of likely N-dealkylation sites (N-methyl/N-ethyl adjacent to an activating group) is 1. The highest BCUT2D eigenvalue weighted by molar-refractivity contribution is 4.74. The van der Waals surface area contributed by atoms with E-state index in [1.807, 2.05) is 6.92 Å². The summed E-state index contributed by atoms with van der Waals surface area (Å²) in [6, 6.07) is 0.704. The summed E-state index contributed by atoms with van der Waals surface area (Å²) in [7, 11) is 2.18. The third-order valence-electron chi connectivity index (χ3n) is 2.77. The van der Waals surface area contributed by atoms with Gasteiger partial charge in [0.2, 0.25) is 0 Å². The van der Waals surface area contributed by atoms with Crippen LogP contribution in [0.5, 0.6) is 0 Å². The zero-order valence-corrected chi connectivity index (χ0v) is 9.59. The number of nitrogens with one attached hydrogen (secondary N) is 1. The van der Waals surface area contributed by atoms with Crippen LogP contribution < -0.4 is 5.32 Å². The summed E-state index contributed by atoms with van der Waals surface area (Å²) >= 11 is 0. The second-order valence-corrected chi connectivity index (χ2v) is 4.11. The second-order valence-electron chi connectivity index (χ2n) is 4.11. The first kappa shape index (κ1) is 12.0. The van der Waals surface area contributed by atoms with Crippen LogP contribution in [0, 0.1) is 0 Å². The first-order valence-corrected chi connectivity index (χ1v) is 5.82. The van der Waals surface area contributed by atoms with Crippen LogP contribution >= 0.6 is 0 Å². The van der Waals surface area contributed by atoms with Crippen molar-refractivity contribution in [1.29, 1.82) is 0 Å². The summed E-state index contributed by atoms with van der Waals surface area (Å²) < 4.78 is 5.33. The molecule has 0 saturated carbocycles. The van der Waals surface area contributed by atoms with Gasteiger partial charge in [0.05, 0.1) is 6.61 Å². The molecule has 0 radical (unpaired) electrons. The van der Waals surface area contributed by atoms with Gasteiger partial charge in [0.1, 0.15) is 0 Å². The van der Waals surface area contributed by atoms with E-state index in [0.29, 0.717) is 6.04 Å². The van der Waals surface area contributed by atoms with Crippen molar-refractivity contribution in [3.63, 3.8) is 0 Å². The highest BCUT2D eigenvalue weighted by Gasteiger charge is 2.13. The van der Waals surface area contributed by atoms with Crippen LogP contribution in [-0.2, 0) is 4.74 Å². The maximum Gasteiger partial charge on any atom is 0.0593 e. The summed E-state index contributed by atoms with van der Waals surface area (Å²) in [5.74, 6) is 0. The summed E-state index contributed by atoms with van der Waals surface area (Å²) in [6.45, 7) is 7.14. The number of hydrogen-bond donors (Lipinski definition) is 1. The number of nitrogens with zero attached hydrogens (tertiary/aromatic N) is 1. The lowest BCUT2D eigenvalue weighted by Gasteiger charge is -2.28. The van der Waals surface area contributed by atoms with E-state index in [2.05, 4.69) is 17.3 Å². The van der Waals surface area contributed by atoms with Crippen molar-refractivity contribution in [3.8, 4) is 0 Å². The number of piperidine rings is 1. The highest BCUT2D eigenvalue weighted by atomic mass is 16.5. The molecule has 1 aliphatic rings. The molecule has 3 nitrogen and oxygen atoms in total. The summed E-state index contributed by atoms with van der Waals surface area (Å²) in [5, 5.41) is 3.56. The molecule has 0 aromatic heterocycles. The van der Waals surface area contributed by atoms with Gasteiger partial charge in [-0.25, -0.2) is 0 Å². The Labute approximate surface area is 87.8 Å². The smallest absolute Gasteiger partial charge is 0.0593 e. The molecule has 0 aromatic carbocycles. The molecule has 0 bridgehead atoms. The number of ether oxygens (including phenoxy) is 1. The van der Waals surface area contributed by atoms with Gasteiger partial charge in [0.15, 0.2) is 0 Å². The Morgan fingerprint density at radius 1 is 1.43 bits per heavy atom. The first-order valence-electron chi connectivity index (χ1n) is 5.82. The van der Waals surface area contributed by atoms with E-state index >= 15 is 0 Å². The molecular formula is C11H24N2O. The van der Waals surface area contributed by atoms with Crippen molar-refractivity contribution in [2.75, 3.05) is 39.9 Å². The van der Waals surface area contributed by atoms with Gasteiger partial charge in [-0.3, -0.25) is 0 Å². The van der Waals surface area contributed by atoms with E-state index in [0.717, 1.165) is 26.3 Å². The average Bonchev–Trinajstić information content (AvgIpc) is 2.20. The van der Waals surface area contributed by atoms with E-state index in [4.69, 9.17) is 4.74 Å². The fourth-order valence-corrected chi connectivity index (χ4v) is 1.91. The molecule has 14 heavy (non-hydrogen) atoms. The van der Waals surface area contributed by atoms with Gasteiger partial charge in [-0.2, -0.15) is 0 Å². The standard InChI is InChI=1S/C11H24N2O/c1-3-14-9-8-13(2)10-11-6-4-5-7-12-11/h11-12H,3-10H2,1-2H3. The van der Waals surface area contributed by atoms with Crippen molar-refractivity contribution in [2.24, 2.45) is 0 Å². The van der Waals surface area contributed by atoms with Crippen LogP contribution in [0.15, 0.2) is 0 Å². The van der Waals surface area contributed by atoms with E-state index in [1.54, 1.807) is 0 Å². The molecule has 84 valence electrons. The normalized spacial score (nSPS) is 22.9. The highest BCUT2D eigenvalue weighted by Crippen LogP contribution is 2.07. The molecule has 1 aliphatic heterocycles. The van der Waals surface area contributed by atoms with Crippen molar-refractivity contribution >= 4 is 0 Å². The van der Waals surface area contributed by atoms with Gasteiger partial charge < -0.3 is 15.0 Å². The largest absolute Gasteiger partial charge is 0.380 e. The van der Waals surface area contributed by atoms with Crippen molar-refractivity contribution in [2.45, 2.75) is 32.2 Å². The Bertz CT molecular complexity index is 135. The summed E-state index contributed by atoms with van der Waals surface area (Å²) in [4.78, 5) is 2.36. The van der Waals surface area contributed by atoms with Crippen LogP contribution in [0.2, 0.25) is 0 Å². The van der Waals surface area contributed by atoms with Gasteiger partial charge in [0.25, 0.3) is 0 Å². The van der Waals surface area contributed by atoms with Gasteiger partial charge in [0, 0.05) is 25.7 Å². The molecule has 0 aliphatic carbocycles. The third kappa shape index (κ3) is 4.94. The van der Waals surface area contributed by atoms with Crippen LogP contribution in [0.4, 0.5) is 0 Å². The molecule has 3 heteroatoms. The second kappa shape index (κ2) is 7.21. The van der Waals surface area contributed by atoms with Crippen molar-refractivity contribution in [3.05, 3.63) is 0 Å². The quantitative estimate of drug-likeness (QED) is 0.650. The minimum atomic E-state index is 0.704. The monoisotopic (exact) mass is 200 g/mol. The average molecular weight is 200 g/mol. The lowest BCUT2D eigenvalue weighted by molar-refractivity contribution is 0.117. The van der Waals surface area contributed by atoms with Crippen LogP contribution in [0.25, 0.3) is 0 Å². The number of hydrogen-bond acceptors (Lipinski definition) is 3. The fraction of sp³-hybridized carbons (Fsp3) is 1.00. The van der Waals surface area contributed by atoms with Crippen LogP contribution in [-0.4, -0.2) is 50.8 Å². The van der Waals surface area contributed by atoms with Gasteiger partial charge >= 0.3 is 0 Å². The van der Waals surface area contributed by atoms with Gasteiger partial charge in [-0.1, -0.05) is 6.42 Å². The molecule has 0 spiro atoms. The molecule has 1 atom stereocenters. The van der Waals surface area contributed by atoms with Gasteiger partial charge in [-0.05, 0) is 33.4 Å².